The standard InChI is InChI=1S/C24H29F2N3O3/c1-13-12-17(6-7-18(13)25)28-22(31)19-14(2)20(29(5)15(19)3)21(30)23(32)27-16-8-10-24(4,26)11-9-16/h6-7,12,16H,8-11H2,1-5H3,(H,27,32)(H,28,31). The molecule has 1 heterocycles. The molecule has 1 aliphatic carbocycles. The summed E-state index contributed by atoms with van der Waals surface area (Å²) in [5.74, 6) is -2.32. The van der Waals surface area contributed by atoms with Crippen LogP contribution in [0.15, 0.2) is 18.2 Å². The predicted molar refractivity (Wildman–Crippen MR) is 118 cm³/mol. The number of nitrogens with zero attached hydrogens (tertiary/aromatic N) is 1. The van der Waals surface area contributed by atoms with Gasteiger partial charge in [0, 0.05) is 24.5 Å². The Morgan fingerprint density at radius 1 is 1.12 bits per heavy atom. The molecule has 1 fully saturated rings. The highest BCUT2D eigenvalue weighted by atomic mass is 19.1. The van der Waals surface area contributed by atoms with Gasteiger partial charge in [-0.25, -0.2) is 8.78 Å². The lowest BCUT2D eigenvalue weighted by molar-refractivity contribution is -0.118. The minimum Gasteiger partial charge on any atom is -0.346 e. The van der Waals surface area contributed by atoms with Gasteiger partial charge < -0.3 is 15.2 Å². The first-order valence-electron chi connectivity index (χ1n) is 10.7. The van der Waals surface area contributed by atoms with Gasteiger partial charge in [-0.05, 0) is 82.7 Å². The third-order valence-electron chi connectivity index (χ3n) is 6.36. The molecule has 1 aromatic carbocycles. The minimum atomic E-state index is -1.23. The average molecular weight is 446 g/mol. The topological polar surface area (TPSA) is 80.2 Å². The Balaban J connectivity index is 1.78. The van der Waals surface area contributed by atoms with Crippen molar-refractivity contribution in [3.8, 4) is 0 Å². The maximum Gasteiger partial charge on any atom is 0.294 e. The van der Waals surface area contributed by atoms with Gasteiger partial charge in [0.1, 0.15) is 11.5 Å². The van der Waals surface area contributed by atoms with Gasteiger partial charge in [0.15, 0.2) is 0 Å². The summed E-state index contributed by atoms with van der Waals surface area (Å²) in [6.45, 7) is 6.45. The quantitative estimate of drug-likeness (QED) is 0.532. The number of carbonyl (C=O) groups excluding carboxylic acids is 3. The fourth-order valence-corrected chi connectivity index (χ4v) is 4.27. The summed E-state index contributed by atoms with van der Waals surface area (Å²) in [6, 6.07) is 4.00. The molecule has 2 N–H and O–H groups in total. The number of halogens is 2. The molecule has 1 aliphatic rings. The zero-order chi connectivity index (χ0) is 23.8. The molecule has 6 nitrogen and oxygen atoms in total. The predicted octanol–water partition coefficient (Wildman–Crippen LogP) is 4.31. The third-order valence-corrected chi connectivity index (χ3v) is 6.36. The molecule has 32 heavy (non-hydrogen) atoms. The number of rotatable bonds is 5. The van der Waals surface area contributed by atoms with Crippen molar-refractivity contribution in [2.75, 3.05) is 5.32 Å². The van der Waals surface area contributed by atoms with E-state index in [1.807, 2.05) is 0 Å². The molecule has 1 saturated carbocycles. The normalized spacial score (nSPS) is 20.7. The van der Waals surface area contributed by atoms with Gasteiger partial charge in [-0.3, -0.25) is 14.4 Å². The molecule has 1 aromatic heterocycles. The van der Waals surface area contributed by atoms with E-state index in [2.05, 4.69) is 10.6 Å². The van der Waals surface area contributed by atoms with Crippen LogP contribution in [-0.2, 0) is 11.8 Å². The first-order chi connectivity index (χ1) is 14.9. The minimum absolute atomic E-state index is 0.131. The largest absolute Gasteiger partial charge is 0.346 e. The Morgan fingerprint density at radius 2 is 1.75 bits per heavy atom. The monoisotopic (exact) mass is 445 g/mol. The molecule has 0 saturated heterocycles. The molecule has 2 aromatic rings. The molecule has 3 rings (SSSR count). The van der Waals surface area contributed by atoms with Crippen molar-refractivity contribution in [2.24, 2.45) is 7.05 Å². The van der Waals surface area contributed by atoms with E-state index in [-0.39, 0.29) is 23.1 Å². The van der Waals surface area contributed by atoms with Gasteiger partial charge in [-0.15, -0.1) is 0 Å². The van der Waals surface area contributed by atoms with Crippen molar-refractivity contribution in [2.45, 2.75) is 65.1 Å². The van der Waals surface area contributed by atoms with Crippen LogP contribution in [0.5, 0.6) is 0 Å². The van der Waals surface area contributed by atoms with Crippen molar-refractivity contribution in [3.05, 3.63) is 52.1 Å². The Hall–Kier alpha value is -3.03. The van der Waals surface area contributed by atoms with Crippen LogP contribution in [0.25, 0.3) is 0 Å². The number of carbonyl (C=O) groups is 3. The van der Waals surface area contributed by atoms with Crippen LogP contribution >= 0.6 is 0 Å². The zero-order valence-corrected chi connectivity index (χ0v) is 19.1. The summed E-state index contributed by atoms with van der Waals surface area (Å²) >= 11 is 0. The van der Waals surface area contributed by atoms with Crippen molar-refractivity contribution < 1.29 is 23.2 Å². The fourth-order valence-electron chi connectivity index (χ4n) is 4.27. The van der Waals surface area contributed by atoms with Gasteiger partial charge in [0.05, 0.1) is 11.3 Å². The molecule has 0 atom stereocenters. The van der Waals surface area contributed by atoms with Gasteiger partial charge in [0.25, 0.3) is 17.6 Å². The summed E-state index contributed by atoms with van der Waals surface area (Å²) in [6.07, 6.45) is 1.62. The van der Waals surface area contributed by atoms with Crippen molar-refractivity contribution in [1.29, 1.82) is 0 Å². The van der Waals surface area contributed by atoms with E-state index in [4.69, 9.17) is 0 Å². The Bertz CT molecular complexity index is 1080. The lowest BCUT2D eigenvalue weighted by Crippen LogP contribution is -2.43. The number of benzene rings is 1. The van der Waals surface area contributed by atoms with Gasteiger partial charge in [-0.2, -0.15) is 0 Å². The van der Waals surface area contributed by atoms with Crippen LogP contribution in [0.2, 0.25) is 0 Å². The van der Waals surface area contributed by atoms with Gasteiger partial charge >= 0.3 is 0 Å². The highest BCUT2D eigenvalue weighted by Gasteiger charge is 2.34. The SMILES string of the molecule is Cc1cc(NC(=O)c2c(C)c(C(=O)C(=O)NC3CCC(C)(F)CC3)n(C)c2C)ccc1F. The number of aromatic nitrogens is 1. The number of aryl methyl sites for hydroxylation is 1. The molecular weight excluding hydrogens is 416 g/mol. The lowest BCUT2D eigenvalue weighted by Gasteiger charge is -2.31. The molecule has 172 valence electrons. The van der Waals surface area contributed by atoms with Crippen molar-refractivity contribution >= 4 is 23.3 Å². The zero-order valence-electron chi connectivity index (χ0n) is 19.1. The molecule has 0 radical (unpaired) electrons. The number of ketones is 1. The Labute approximate surface area is 186 Å². The smallest absolute Gasteiger partial charge is 0.294 e. The van der Waals surface area contributed by atoms with Crippen molar-refractivity contribution in [1.82, 2.24) is 9.88 Å². The van der Waals surface area contributed by atoms with E-state index in [1.165, 1.54) is 22.8 Å². The molecule has 8 heteroatoms. The Morgan fingerprint density at radius 3 is 2.34 bits per heavy atom. The van der Waals surface area contributed by atoms with E-state index in [0.717, 1.165) is 0 Å². The number of nitrogens with one attached hydrogen (secondary N) is 2. The van der Waals surface area contributed by atoms with Crippen LogP contribution < -0.4 is 10.6 Å². The maximum absolute atomic E-state index is 14.0. The summed E-state index contributed by atoms with van der Waals surface area (Å²) in [5, 5.41) is 5.44. The first kappa shape index (κ1) is 23.6. The van der Waals surface area contributed by atoms with Gasteiger partial charge in [-0.1, -0.05) is 0 Å². The van der Waals surface area contributed by atoms with E-state index in [9.17, 15) is 23.2 Å². The number of amides is 2. The van der Waals surface area contributed by atoms with Crippen LogP contribution in [0.3, 0.4) is 0 Å². The average Bonchev–Trinajstić information content (AvgIpc) is 2.94. The molecular formula is C24H29F2N3O3. The van der Waals surface area contributed by atoms with E-state index in [1.54, 1.807) is 34.7 Å². The maximum atomic E-state index is 14.0. The Kier molecular flexibility index (Phi) is 6.53. The molecule has 0 unspecified atom stereocenters. The number of hydrogen-bond donors (Lipinski definition) is 2. The highest BCUT2D eigenvalue weighted by molar-refractivity contribution is 6.43. The van der Waals surface area contributed by atoms with E-state index < -0.39 is 23.3 Å². The lowest BCUT2D eigenvalue weighted by atomic mass is 9.85. The fraction of sp³-hybridized carbons (Fsp3) is 0.458. The second-order valence-corrected chi connectivity index (χ2v) is 8.90. The highest BCUT2D eigenvalue weighted by Crippen LogP contribution is 2.31. The first-order valence-corrected chi connectivity index (χ1v) is 10.7. The second kappa shape index (κ2) is 8.84. The number of Topliss-reactive ketones (excluding diaryl/α,β-unsaturated/α-hetero) is 1. The summed E-state index contributed by atoms with van der Waals surface area (Å²) in [7, 11) is 1.62. The third kappa shape index (κ3) is 4.74. The summed E-state index contributed by atoms with van der Waals surface area (Å²) in [4.78, 5) is 38.5. The molecule has 0 spiro atoms. The van der Waals surface area contributed by atoms with Crippen LogP contribution in [0, 0.1) is 26.6 Å². The van der Waals surface area contributed by atoms with Crippen molar-refractivity contribution in [3.63, 3.8) is 0 Å². The second-order valence-electron chi connectivity index (χ2n) is 8.90. The molecule has 0 bridgehead atoms. The number of anilines is 1. The number of alkyl halides is 1. The molecule has 2 amide bonds. The molecule has 0 aliphatic heterocycles. The van der Waals surface area contributed by atoms with E-state index >= 15 is 0 Å². The number of hydrogen-bond acceptors (Lipinski definition) is 3. The summed E-state index contributed by atoms with van der Waals surface area (Å²) in [5.41, 5.74) is 0.930. The van der Waals surface area contributed by atoms with Crippen LogP contribution in [-0.4, -0.2) is 33.9 Å². The van der Waals surface area contributed by atoms with Crippen LogP contribution in [0.4, 0.5) is 14.5 Å². The van der Waals surface area contributed by atoms with E-state index in [0.29, 0.717) is 48.2 Å². The van der Waals surface area contributed by atoms with Crippen LogP contribution in [0.1, 0.15) is 70.3 Å². The van der Waals surface area contributed by atoms with Gasteiger partial charge in [0.2, 0.25) is 0 Å². The summed E-state index contributed by atoms with van der Waals surface area (Å²) < 4.78 is 29.0.